The Kier molecular flexibility index (Phi) is 5.63. The van der Waals surface area contributed by atoms with Crippen molar-refractivity contribution in [3.63, 3.8) is 0 Å². The molecule has 0 bridgehead atoms. The van der Waals surface area contributed by atoms with Crippen LogP contribution < -0.4 is 10.6 Å². The molecule has 1 aromatic heterocycles. The van der Waals surface area contributed by atoms with Crippen molar-refractivity contribution in [1.82, 2.24) is 10.6 Å². The Balaban J connectivity index is 2.33. The SMILES string of the molecule is CCCCNC(=O)NC(C)c1ccc(Cl)s1. The molecule has 0 radical (unpaired) electrons. The van der Waals surface area contributed by atoms with Crippen LogP contribution in [-0.2, 0) is 0 Å². The number of nitrogens with one attached hydrogen (secondary N) is 2. The highest BCUT2D eigenvalue weighted by atomic mass is 35.5. The fourth-order valence-corrected chi connectivity index (χ4v) is 2.32. The zero-order valence-electron chi connectivity index (χ0n) is 9.55. The van der Waals surface area contributed by atoms with Gasteiger partial charge < -0.3 is 10.6 Å². The molecule has 16 heavy (non-hydrogen) atoms. The number of hydrogen-bond acceptors (Lipinski definition) is 2. The van der Waals surface area contributed by atoms with Crippen molar-refractivity contribution in [3.05, 3.63) is 21.3 Å². The summed E-state index contributed by atoms with van der Waals surface area (Å²) in [6.07, 6.45) is 2.09. The van der Waals surface area contributed by atoms with E-state index in [1.165, 1.54) is 11.3 Å². The van der Waals surface area contributed by atoms with Gasteiger partial charge in [-0.3, -0.25) is 0 Å². The van der Waals surface area contributed by atoms with Gasteiger partial charge in [0.25, 0.3) is 0 Å². The normalized spacial score (nSPS) is 12.2. The van der Waals surface area contributed by atoms with Gasteiger partial charge in [0.1, 0.15) is 0 Å². The number of halogens is 1. The zero-order chi connectivity index (χ0) is 12.0. The van der Waals surface area contributed by atoms with Crippen LogP contribution in [0.15, 0.2) is 12.1 Å². The molecule has 1 rings (SSSR count). The molecule has 2 N–H and O–H groups in total. The minimum atomic E-state index is -0.120. The van der Waals surface area contributed by atoms with Crippen molar-refractivity contribution in [2.24, 2.45) is 0 Å². The third-order valence-electron chi connectivity index (χ3n) is 2.18. The molecule has 1 atom stereocenters. The van der Waals surface area contributed by atoms with Crippen LogP contribution >= 0.6 is 22.9 Å². The highest BCUT2D eigenvalue weighted by molar-refractivity contribution is 7.16. The van der Waals surface area contributed by atoms with Crippen LogP contribution in [-0.4, -0.2) is 12.6 Å². The second kappa shape index (κ2) is 6.76. The maximum atomic E-state index is 11.5. The van der Waals surface area contributed by atoms with Crippen LogP contribution in [0.25, 0.3) is 0 Å². The number of carbonyl (C=O) groups is 1. The molecule has 90 valence electrons. The van der Waals surface area contributed by atoms with Crippen molar-refractivity contribution in [3.8, 4) is 0 Å². The van der Waals surface area contributed by atoms with E-state index in [1.54, 1.807) is 0 Å². The van der Waals surface area contributed by atoms with Gasteiger partial charge in [0.2, 0.25) is 0 Å². The Hall–Kier alpha value is -0.740. The van der Waals surface area contributed by atoms with Crippen LogP contribution in [0.3, 0.4) is 0 Å². The van der Waals surface area contributed by atoms with Gasteiger partial charge in [-0.25, -0.2) is 4.79 Å². The molecule has 0 aliphatic heterocycles. The number of thiophene rings is 1. The molecule has 0 aliphatic carbocycles. The molecule has 1 unspecified atom stereocenters. The maximum Gasteiger partial charge on any atom is 0.315 e. The minimum Gasteiger partial charge on any atom is -0.338 e. The standard InChI is InChI=1S/C11H17ClN2OS/c1-3-4-7-13-11(15)14-8(2)9-5-6-10(12)16-9/h5-6,8H,3-4,7H2,1-2H3,(H2,13,14,15). The molecule has 0 aromatic carbocycles. The average Bonchev–Trinajstić information content (AvgIpc) is 2.65. The monoisotopic (exact) mass is 260 g/mol. The summed E-state index contributed by atoms with van der Waals surface area (Å²) in [7, 11) is 0. The number of hydrogen-bond donors (Lipinski definition) is 2. The molecule has 1 heterocycles. The summed E-state index contributed by atoms with van der Waals surface area (Å²) in [6.45, 7) is 4.76. The van der Waals surface area contributed by atoms with Gasteiger partial charge in [-0.05, 0) is 25.5 Å². The van der Waals surface area contributed by atoms with Crippen molar-refractivity contribution in [2.75, 3.05) is 6.54 Å². The van der Waals surface area contributed by atoms with Crippen LogP contribution in [0.2, 0.25) is 4.34 Å². The van der Waals surface area contributed by atoms with Crippen molar-refractivity contribution < 1.29 is 4.79 Å². The molecule has 0 saturated heterocycles. The molecule has 5 heteroatoms. The molecular formula is C11H17ClN2OS. The van der Waals surface area contributed by atoms with Crippen molar-refractivity contribution in [1.29, 1.82) is 0 Å². The Morgan fingerprint density at radius 1 is 1.56 bits per heavy atom. The highest BCUT2D eigenvalue weighted by Gasteiger charge is 2.10. The number of unbranched alkanes of at least 4 members (excludes halogenated alkanes) is 1. The summed E-state index contributed by atoms with van der Waals surface area (Å²) in [5, 5.41) is 5.68. The van der Waals surface area contributed by atoms with E-state index in [0.717, 1.165) is 28.6 Å². The van der Waals surface area contributed by atoms with Crippen LogP contribution in [0.5, 0.6) is 0 Å². The summed E-state index contributed by atoms with van der Waals surface area (Å²) < 4.78 is 0.745. The van der Waals surface area contributed by atoms with Crippen molar-refractivity contribution >= 4 is 29.0 Å². The summed E-state index contributed by atoms with van der Waals surface area (Å²) in [6, 6.07) is 3.66. The lowest BCUT2D eigenvalue weighted by Crippen LogP contribution is -2.37. The molecule has 0 saturated carbocycles. The summed E-state index contributed by atoms with van der Waals surface area (Å²) in [5.74, 6) is 0. The summed E-state index contributed by atoms with van der Waals surface area (Å²) in [4.78, 5) is 12.5. The minimum absolute atomic E-state index is 0.000809. The van der Waals surface area contributed by atoms with E-state index < -0.39 is 0 Å². The lowest BCUT2D eigenvalue weighted by atomic mass is 10.3. The first kappa shape index (κ1) is 13.3. The molecule has 2 amide bonds. The Bertz CT molecular complexity index is 340. The lowest BCUT2D eigenvalue weighted by Gasteiger charge is -2.12. The van der Waals surface area contributed by atoms with E-state index in [4.69, 9.17) is 11.6 Å². The molecule has 3 nitrogen and oxygen atoms in total. The van der Waals surface area contributed by atoms with E-state index in [0.29, 0.717) is 0 Å². The maximum absolute atomic E-state index is 11.5. The van der Waals surface area contributed by atoms with Crippen LogP contribution in [0, 0.1) is 0 Å². The molecule has 1 aromatic rings. The second-order valence-corrected chi connectivity index (χ2v) is 5.36. The topological polar surface area (TPSA) is 41.1 Å². The Labute approximate surface area is 105 Å². The number of carbonyl (C=O) groups excluding carboxylic acids is 1. The van der Waals surface area contributed by atoms with Gasteiger partial charge in [-0.15, -0.1) is 11.3 Å². The molecule has 0 fully saturated rings. The second-order valence-electron chi connectivity index (χ2n) is 3.62. The first-order valence-electron chi connectivity index (χ1n) is 5.43. The third kappa shape index (κ3) is 4.41. The van der Waals surface area contributed by atoms with Gasteiger partial charge in [-0.1, -0.05) is 24.9 Å². The van der Waals surface area contributed by atoms with Crippen molar-refractivity contribution in [2.45, 2.75) is 32.7 Å². The van der Waals surface area contributed by atoms with E-state index in [1.807, 2.05) is 19.1 Å². The lowest BCUT2D eigenvalue weighted by molar-refractivity contribution is 0.238. The first-order valence-corrected chi connectivity index (χ1v) is 6.62. The quantitative estimate of drug-likeness (QED) is 0.781. The van der Waals surface area contributed by atoms with Gasteiger partial charge >= 0.3 is 6.03 Å². The molecule has 0 spiro atoms. The fraction of sp³-hybridized carbons (Fsp3) is 0.545. The zero-order valence-corrected chi connectivity index (χ0v) is 11.1. The van der Waals surface area contributed by atoms with E-state index in [9.17, 15) is 4.79 Å². The number of urea groups is 1. The molecular weight excluding hydrogens is 244 g/mol. The highest BCUT2D eigenvalue weighted by Crippen LogP contribution is 2.26. The fourth-order valence-electron chi connectivity index (χ4n) is 1.26. The van der Waals surface area contributed by atoms with E-state index >= 15 is 0 Å². The predicted octanol–water partition coefficient (Wildman–Crippen LogP) is 3.56. The molecule has 0 aliphatic rings. The van der Waals surface area contributed by atoms with E-state index in [-0.39, 0.29) is 12.1 Å². The van der Waals surface area contributed by atoms with Crippen LogP contribution in [0.4, 0.5) is 4.79 Å². The predicted molar refractivity (Wildman–Crippen MR) is 69.2 cm³/mol. The van der Waals surface area contributed by atoms with Gasteiger partial charge in [0.05, 0.1) is 10.4 Å². The Morgan fingerprint density at radius 3 is 2.88 bits per heavy atom. The average molecular weight is 261 g/mol. The van der Waals surface area contributed by atoms with Gasteiger partial charge in [-0.2, -0.15) is 0 Å². The van der Waals surface area contributed by atoms with Gasteiger partial charge in [0.15, 0.2) is 0 Å². The van der Waals surface area contributed by atoms with Gasteiger partial charge in [0, 0.05) is 11.4 Å². The largest absolute Gasteiger partial charge is 0.338 e. The Morgan fingerprint density at radius 2 is 2.31 bits per heavy atom. The summed E-state index contributed by atoms with van der Waals surface area (Å²) in [5.41, 5.74) is 0. The third-order valence-corrected chi connectivity index (χ3v) is 3.60. The van der Waals surface area contributed by atoms with E-state index in [2.05, 4.69) is 17.6 Å². The van der Waals surface area contributed by atoms with Crippen LogP contribution in [0.1, 0.15) is 37.6 Å². The number of amides is 2. The smallest absolute Gasteiger partial charge is 0.315 e. The number of rotatable bonds is 5. The first-order chi connectivity index (χ1) is 7.63. The summed E-state index contributed by atoms with van der Waals surface area (Å²) >= 11 is 7.32.